The minimum atomic E-state index is 0.0152. The van der Waals surface area contributed by atoms with E-state index in [1.54, 1.807) is 0 Å². The van der Waals surface area contributed by atoms with E-state index in [1.807, 2.05) is 19.1 Å². The Balaban J connectivity index is 2.11. The van der Waals surface area contributed by atoms with Crippen LogP contribution in [0.4, 0.5) is 0 Å². The second-order valence-corrected chi connectivity index (χ2v) is 4.17. The van der Waals surface area contributed by atoms with Crippen LogP contribution in [0.5, 0.6) is 0 Å². The van der Waals surface area contributed by atoms with Crippen molar-refractivity contribution in [3.63, 3.8) is 0 Å². The van der Waals surface area contributed by atoms with Crippen molar-refractivity contribution in [2.75, 3.05) is 26.4 Å². The first-order valence-electron chi connectivity index (χ1n) is 6.23. The quantitative estimate of drug-likeness (QED) is 0.679. The average Bonchev–Trinajstić information content (AvgIpc) is 2.38. The number of aliphatic hydroxyl groups excluding tert-OH is 1. The van der Waals surface area contributed by atoms with E-state index in [0.29, 0.717) is 26.2 Å². The van der Waals surface area contributed by atoms with E-state index in [9.17, 15) is 4.79 Å². The van der Waals surface area contributed by atoms with Gasteiger partial charge in [-0.1, -0.05) is 29.8 Å². The molecule has 0 saturated carbocycles. The van der Waals surface area contributed by atoms with Gasteiger partial charge in [0, 0.05) is 13.0 Å². The van der Waals surface area contributed by atoms with E-state index in [2.05, 4.69) is 17.4 Å². The van der Waals surface area contributed by atoms with Gasteiger partial charge < -0.3 is 15.2 Å². The summed E-state index contributed by atoms with van der Waals surface area (Å²) in [6.07, 6.45) is 1.24. The van der Waals surface area contributed by atoms with Crippen LogP contribution in [0, 0.1) is 6.92 Å². The molecule has 0 spiro atoms. The molecule has 0 aliphatic carbocycles. The molecule has 4 heteroatoms. The van der Waals surface area contributed by atoms with Crippen LogP contribution in [0.1, 0.15) is 17.5 Å². The van der Waals surface area contributed by atoms with Crippen LogP contribution in [0.15, 0.2) is 24.3 Å². The van der Waals surface area contributed by atoms with Crippen molar-refractivity contribution in [2.24, 2.45) is 0 Å². The summed E-state index contributed by atoms with van der Waals surface area (Å²) in [5.74, 6) is 0.0307. The van der Waals surface area contributed by atoms with E-state index >= 15 is 0 Å². The van der Waals surface area contributed by atoms with Crippen LogP contribution in [0.3, 0.4) is 0 Å². The highest BCUT2D eigenvalue weighted by molar-refractivity contribution is 5.76. The van der Waals surface area contributed by atoms with Gasteiger partial charge in [-0.25, -0.2) is 0 Å². The fourth-order valence-corrected chi connectivity index (χ4v) is 1.53. The molecular weight excluding hydrogens is 230 g/mol. The van der Waals surface area contributed by atoms with Gasteiger partial charge in [-0.15, -0.1) is 0 Å². The zero-order valence-corrected chi connectivity index (χ0v) is 10.8. The van der Waals surface area contributed by atoms with Gasteiger partial charge >= 0.3 is 0 Å². The number of ether oxygens (including phenoxy) is 1. The average molecular weight is 251 g/mol. The Morgan fingerprint density at radius 2 is 2.00 bits per heavy atom. The third-order valence-electron chi connectivity index (χ3n) is 2.57. The lowest BCUT2D eigenvalue weighted by Gasteiger charge is -2.06. The normalized spacial score (nSPS) is 10.3. The van der Waals surface area contributed by atoms with Crippen molar-refractivity contribution >= 4 is 5.91 Å². The Hall–Kier alpha value is -1.39. The number of hydrogen-bond acceptors (Lipinski definition) is 3. The van der Waals surface area contributed by atoms with Crippen molar-refractivity contribution in [1.29, 1.82) is 0 Å². The SMILES string of the molecule is Cc1ccc(CCC(=O)NCCOCCO)cc1. The van der Waals surface area contributed by atoms with Crippen molar-refractivity contribution in [1.82, 2.24) is 5.32 Å². The summed E-state index contributed by atoms with van der Waals surface area (Å²) in [6.45, 7) is 3.31. The molecule has 0 bridgehead atoms. The molecule has 1 aromatic carbocycles. The number of aryl methyl sites for hydroxylation is 2. The molecule has 0 radical (unpaired) electrons. The standard InChI is InChI=1S/C14H21NO3/c1-12-2-4-13(5-3-12)6-7-14(17)15-8-10-18-11-9-16/h2-5,16H,6-11H2,1H3,(H,15,17). The molecule has 0 aliphatic rings. The van der Waals surface area contributed by atoms with Crippen molar-refractivity contribution in [3.05, 3.63) is 35.4 Å². The van der Waals surface area contributed by atoms with Gasteiger partial charge in [-0.3, -0.25) is 4.79 Å². The highest BCUT2D eigenvalue weighted by Gasteiger charge is 2.01. The van der Waals surface area contributed by atoms with E-state index in [-0.39, 0.29) is 12.5 Å². The van der Waals surface area contributed by atoms with Crippen molar-refractivity contribution in [3.8, 4) is 0 Å². The monoisotopic (exact) mass is 251 g/mol. The fraction of sp³-hybridized carbons (Fsp3) is 0.500. The van der Waals surface area contributed by atoms with Gasteiger partial charge in [0.2, 0.25) is 5.91 Å². The third-order valence-corrected chi connectivity index (χ3v) is 2.57. The first-order chi connectivity index (χ1) is 8.72. The number of benzene rings is 1. The lowest BCUT2D eigenvalue weighted by atomic mass is 10.1. The van der Waals surface area contributed by atoms with Crippen LogP contribution >= 0.6 is 0 Å². The number of hydrogen-bond donors (Lipinski definition) is 2. The van der Waals surface area contributed by atoms with Crippen LogP contribution < -0.4 is 5.32 Å². The molecule has 0 unspecified atom stereocenters. The maximum absolute atomic E-state index is 11.5. The molecule has 0 saturated heterocycles. The molecule has 0 aromatic heterocycles. The third kappa shape index (κ3) is 6.37. The second kappa shape index (κ2) is 8.66. The first-order valence-corrected chi connectivity index (χ1v) is 6.23. The molecule has 1 rings (SSSR count). The zero-order chi connectivity index (χ0) is 13.2. The molecule has 1 amide bonds. The van der Waals surface area contributed by atoms with Crippen molar-refractivity contribution in [2.45, 2.75) is 19.8 Å². The molecular formula is C14H21NO3. The van der Waals surface area contributed by atoms with E-state index in [4.69, 9.17) is 9.84 Å². The summed E-state index contributed by atoms with van der Waals surface area (Å²) in [5.41, 5.74) is 2.40. The Labute approximate surface area is 108 Å². The summed E-state index contributed by atoms with van der Waals surface area (Å²) < 4.78 is 5.04. The Bertz CT molecular complexity index is 349. The summed E-state index contributed by atoms with van der Waals surface area (Å²) in [5, 5.41) is 11.3. The lowest BCUT2D eigenvalue weighted by Crippen LogP contribution is -2.27. The van der Waals surface area contributed by atoms with Crippen LogP contribution in [-0.4, -0.2) is 37.4 Å². The largest absolute Gasteiger partial charge is 0.394 e. The number of carbonyl (C=O) groups excluding carboxylic acids is 1. The van der Waals surface area contributed by atoms with Gasteiger partial charge in [0.1, 0.15) is 0 Å². The number of rotatable bonds is 8. The predicted octanol–water partition coefficient (Wildman–Crippen LogP) is 1.05. The van der Waals surface area contributed by atoms with Gasteiger partial charge in [-0.2, -0.15) is 0 Å². The topological polar surface area (TPSA) is 58.6 Å². The molecule has 0 atom stereocenters. The maximum Gasteiger partial charge on any atom is 0.220 e. The number of carbonyl (C=O) groups is 1. The molecule has 4 nitrogen and oxygen atoms in total. The van der Waals surface area contributed by atoms with Crippen molar-refractivity contribution < 1.29 is 14.6 Å². The molecule has 1 aromatic rings. The van der Waals surface area contributed by atoms with E-state index in [1.165, 1.54) is 11.1 Å². The van der Waals surface area contributed by atoms with E-state index in [0.717, 1.165) is 6.42 Å². The molecule has 100 valence electrons. The number of amides is 1. The fourth-order valence-electron chi connectivity index (χ4n) is 1.53. The molecule has 18 heavy (non-hydrogen) atoms. The molecule has 0 aliphatic heterocycles. The second-order valence-electron chi connectivity index (χ2n) is 4.17. The predicted molar refractivity (Wildman–Crippen MR) is 70.4 cm³/mol. The minimum absolute atomic E-state index is 0.0152. The van der Waals surface area contributed by atoms with Gasteiger partial charge in [0.05, 0.1) is 19.8 Å². The minimum Gasteiger partial charge on any atom is -0.394 e. The summed E-state index contributed by atoms with van der Waals surface area (Å²) in [7, 11) is 0. The highest BCUT2D eigenvalue weighted by Crippen LogP contribution is 2.05. The van der Waals surface area contributed by atoms with Gasteiger partial charge in [0.15, 0.2) is 0 Å². The maximum atomic E-state index is 11.5. The van der Waals surface area contributed by atoms with Gasteiger partial charge in [-0.05, 0) is 18.9 Å². The summed E-state index contributed by atoms with van der Waals surface area (Å²) in [6, 6.07) is 8.20. The van der Waals surface area contributed by atoms with Crippen LogP contribution in [-0.2, 0) is 16.0 Å². The van der Waals surface area contributed by atoms with Crippen LogP contribution in [0.25, 0.3) is 0 Å². The zero-order valence-electron chi connectivity index (χ0n) is 10.8. The molecule has 0 fully saturated rings. The Kier molecular flexibility index (Phi) is 7.06. The first kappa shape index (κ1) is 14.7. The smallest absolute Gasteiger partial charge is 0.220 e. The lowest BCUT2D eigenvalue weighted by molar-refractivity contribution is -0.121. The van der Waals surface area contributed by atoms with E-state index < -0.39 is 0 Å². The van der Waals surface area contributed by atoms with Crippen LogP contribution in [0.2, 0.25) is 0 Å². The Morgan fingerprint density at radius 1 is 1.28 bits per heavy atom. The van der Waals surface area contributed by atoms with Gasteiger partial charge in [0.25, 0.3) is 0 Å². The summed E-state index contributed by atoms with van der Waals surface area (Å²) >= 11 is 0. The number of aliphatic hydroxyl groups is 1. The Morgan fingerprint density at radius 3 is 2.67 bits per heavy atom. The number of nitrogens with one attached hydrogen (secondary N) is 1. The molecule has 2 N–H and O–H groups in total. The molecule has 0 heterocycles. The highest BCUT2D eigenvalue weighted by atomic mass is 16.5. The summed E-state index contributed by atoms with van der Waals surface area (Å²) in [4.78, 5) is 11.5.